The second-order valence-corrected chi connectivity index (χ2v) is 6.47. The van der Waals surface area contributed by atoms with Gasteiger partial charge in [-0.15, -0.1) is 0 Å². The van der Waals surface area contributed by atoms with Gasteiger partial charge in [-0.3, -0.25) is 0 Å². The van der Waals surface area contributed by atoms with Crippen molar-refractivity contribution in [2.45, 2.75) is 39.4 Å². The van der Waals surface area contributed by atoms with Crippen LogP contribution in [-0.2, 0) is 9.47 Å². The van der Waals surface area contributed by atoms with Gasteiger partial charge in [-0.25, -0.2) is 4.79 Å². The number of hydrogen-bond acceptors (Lipinski definition) is 3. The van der Waals surface area contributed by atoms with Crippen LogP contribution in [0.15, 0.2) is 24.3 Å². The molecule has 1 aromatic rings. The molecule has 0 aromatic heterocycles. The van der Waals surface area contributed by atoms with Gasteiger partial charge in [0.2, 0.25) is 0 Å². The number of amides is 2. The third kappa shape index (κ3) is 4.94. The number of ether oxygens (including phenoxy) is 2. The number of carbonyl (C=O) groups is 1. The Kier molecular flexibility index (Phi) is 6.42. The third-order valence-corrected chi connectivity index (χ3v) is 4.41. The van der Waals surface area contributed by atoms with Crippen molar-refractivity contribution in [2.75, 3.05) is 25.6 Å². The van der Waals surface area contributed by atoms with E-state index in [2.05, 4.69) is 24.5 Å². The predicted molar refractivity (Wildman–Crippen MR) is 91.6 cm³/mol. The van der Waals surface area contributed by atoms with Crippen LogP contribution in [0.1, 0.15) is 38.9 Å². The lowest BCUT2D eigenvalue weighted by atomic mass is 9.93. The molecule has 0 bridgehead atoms. The van der Waals surface area contributed by atoms with Crippen LogP contribution in [0.4, 0.5) is 10.5 Å². The van der Waals surface area contributed by atoms with Crippen molar-refractivity contribution >= 4 is 11.7 Å². The molecule has 0 unspecified atom stereocenters. The van der Waals surface area contributed by atoms with E-state index in [4.69, 9.17) is 9.47 Å². The van der Waals surface area contributed by atoms with Crippen LogP contribution in [0.25, 0.3) is 0 Å². The van der Waals surface area contributed by atoms with Gasteiger partial charge in [-0.2, -0.15) is 0 Å². The van der Waals surface area contributed by atoms with Gasteiger partial charge in [0.1, 0.15) is 0 Å². The normalized spacial score (nSPS) is 22.1. The largest absolute Gasteiger partial charge is 0.378 e. The van der Waals surface area contributed by atoms with Gasteiger partial charge >= 0.3 is 6.03 Å². The summed E-state index contributed by atoms with van der Waals surface area (Å²) in [7, 11) is 1.67. The lowest BCUT2D eigenvalue weighted by molar-refractivity contribution is 0.0546. The van der Waals surface area contributed by atoms with Gasteiger partial charge in [0.25, 0.3) is 0 Å². The molecule has 0 radical (unpaired) electrons. The third-order valence-electron chi connectivity index (χ3n) is 4.41. The molecule has 1 saturated heterocycles. The summed E-state index contributed by atoms with van der Waals surface area (Å²) < 4.78 is 11.0. The SMILES string of the molecule is CO[C@H](C)c1cccc(NC(=O)NC[C@H]2CCO[C@@H]2C(C)C)c1. The molecule has 2 rings (SSSR count). The highest BCUT2D eigenvalue weighted by Crippen LogP contribution is 2.26. The van der Waals surface area contributed by atoms with E-state index in [1.54, 1.807) is 7.11 Å². The van der Waals surface area contributed by atoms with Crippen molar-refractivity contribution in [3.63, 3.8) is 0 Å². The number of nitrogens with one attached hydrogen (secondary N) is 2. The van der Waals surface area contributed by atoms with E-state index in [-0.39, 0.29) is 18.2 Å². The minimum absolute atomic E-state index is 0.00208. The van der Waals surface area contributed by atoms with Crippen LogP contribution in [0, 0.1) is 11.8 Å². The molecule has 2 N–H and O–H groups in total. The average Bonchev–Trinajstić information content (AvgIpc) is 3.01. The first kappa shape index (κ1) is 17.8. The van der Waals surface area contributed by atoms with Crippen molar-refractivity contribution in [1.29, 1.82) is 0 Å². The Morgan fingerprint density at radius 1 is 1.39 bits per heavy atom. The summed E-state index contributed by atoms with van der Waals surface area (Å²) in [6.45, 7) is 7.72. The number of carbonyl (C=O) groups excluding carboxylic acids is 1. The van der Waals surface area contributed by atoms with Crippen LogP contribution in [0.5, 0.6) is 0 Å². The standard InChI is InChI=1S/C18H28N2O3/c1-12(2)17-15(8-9-23-17)11-19-18(21)20-16-7-5-6-14(10-16)13(3)22-4/h5-7,10,12-13,15,17H,8-9,11H2,1-4H3,(H2,19,20,21)/t13-,15-,17-/m1/s1. The molecule has 0 saturated carbocycles. The number of benzene rings is 1. The van der Waals surface area contributed by atoms with E-state index in [0.717, 1.165) is 24.3 Å². The van der Waals surface area contributed by atoms with Gasteiger partial charge in [0, 0.05) is 31.9 Å². The summed E-state index contributed by atoms with van der Waals surface area (Å²) >= 11 is 0. The molecule has 0 aliphatic carbocycles. The molecule has 128 valence electrons. The zero-order valence-electron chi connectivity index (χ0n) is 14.5. The van der Waals surface area contributed by atoms with Crippen molar-refractivity contribution in [2.24, 2.45) is 11.8 Å². The Balaban J connectivity index is 1.85. The second-order valence-electron chi connectivity index (χ2n) is 6.47. The highest BCUT2D eigenvalue weighted by atomic mass is 16.5. The Bertz CT molecular complexity index is 519. The minimum atomic E-state index is -0.179. The summed E-state index contributed by atoms with van der Waals surface area (Å²) in [4.78, 5) is 12.1. The first-order valence-corrected chi connectivity index (χ1v) is 8.30. The maximum absolute atomic E-state index is 12.1. The van der Waals surface area contributed by atoms with Crippen molar-refractivity contribution in [3.8, 4) is 0 Å². The Morgan fingerprint density at radius 2 is 2.17 bits per heavy atom. The van der Waals surface area contributed by atoms with Gasteiger partial charge in [-0.1, -0.05) is 26.0 Å². The molecule has 1 heterocycles. The summed E-state index contributed by atoms with van der Waals surface area (Å²) in [6, 6.07) is 7.53. The van der Waals surface area contributed by atoms with Gasteiger partial charge in [0.05, 0.1) is 12.2 Å². The van der Waals surface area contributed by atoms with Crippen LogP contribution in [0.3, 0.4) is 0 Å². The molecule has 5 heteroatoms. The monoisotopic (exact) mass is 320 g/mol. The van der Waals surface area contributed by atoms with Crippen molar-refractivity contribution < 1.29 is 14.3 Å². The number of methoxy groups -OCH3 is 1. The molecule has 1 aliphatic rings. The smallest absolute Gasteiger partial charge is 0.319 e. The van der Waals surface area contributed by atoms with Gasteiger partial charge < -0.3 is 20.1 Å². The lowest BCUT2D eigenvalue weighted by Crippen LogP contribution is -2.37. The zero-order chi connectivity index (χ0) is 16.8. The first-order valence-electron chi connectivity index (χ1n) is 8.30. The molecule has 3 atom stereocenters. The number of rotatable bonds is 6. The summed E-state index contributed by atoms with van der Waals surface area (Å²) in [5.41, 5.74) is 1.81. The summed E-state index contributed by atoms with van der Waals surface area (Å²) in [5.74, 6) is 0.861. The highest BCUT2D eigenvalue weighted by molar-refractivity contribution is 5.89. The fourth-order valence-corrected chi connectivity index (χ4v) is 3.02. The fourth-order valence-electron chi connectivity index (χ4n) is 3.02. The maximum Gasteiger partial charge on any atom is 0.319 e. The topological polar surface area (TPSA) is 59.6 Å². The molecule has 1 fully saturated rings. The summed E-state index contributed by atoms with van der Waals surface area (Å²) in [6.07, 6.45) is 1.24. The van der Waals surface area contributed by atoms with E-state index in [1.807, 2.05) is 31.2 Å². The van der Waals surface area contributed by atoms with Crippen molar-refractivity contribution in [1.82, 2.24) is 5.32 Å². The molecular formula is C18H28N2O3. The molecule has 5 nitrogen and oxygen atoms in total. The highest BCUT2D eigenvalue weighted by Gasteiger charge is 2.30. The van der Waals surface area contributed by atoms with E-state index < -0.39 is 0 Å². The molecule has 2 amide bonds. The second kappa shape index (κ2) is 8.31. The molecule has 1 aliphatic heterocycles. The average molecular weight is 320 g/mol. The van der Waals surface area contributed by atoms with Gasteiger partial charge in [0.15, 0.2) is 0 Å². The van der Waals surface area contributed by atoms with Gasteiger partial charge in [-0.05, 0) is 37.0 Å². The van der Waals surface area contributed by atoms with E-state index in [1.165, 1.54) is 0 Å². The maximum atomic E-state index is 12.1. The Labute approximate surface area is 138 Å². The summed E-state index contributed by atoms with van der Waals surface area (Å²) in [5, 5.41) is 5.84. The van der Waals surface area contributed by atoms with Crippen molar-refractivity contribution in [3.05, 3.63) is 29.8 Å². The zero-order valence-corrected chi connectivity index (χ0v) is 14.5. The van der Waals surface area contributed by atoms with E-state index in [9.17, 15) is 4.79 Å². The van der Waals surface area contributed by atoms with Crippen LogP contribution in [-0.4, -0.2) is 32.4 Å². The van der Waals surface area contributed by atoms with Crippen LogP contribution >= 0.6 is 0 Å². The number of urea groups is 1. The van der Waals surface area contributed by atoms with Crippen LogP contribution < -0.4 is 10.6 Å². The minimum Gasteiger partial charge on any atom is -0.378 e. The number of anilines is 1. The fraction of sp³-hybridized carbons (Fsp3) is 0.611. The number of hydrogen-bond donors (Lipinski definition) is 2. The quantitative estimate of drug-likeness (QED) is 0.842. The van der Waals surface area contributed by atoms with Crippen LogP contribution in [0.2, 0.25) is 0 Å². The molecule has 0 spiro atoms. The van der Waals surface area contributed by atoms with E-state index in [0.29, 0.717) is 18.4 Å². The molecule has 1 aromatic carbocycles. The first-order chi connectivity index (χ1) is 11.0. The Morgan fingerprint density at radius 3 is 2.87 bits per heavy atom. The molecule has 23 heavy (non-hydrogen) atoms. The lowest BCUT2D eigenvalue weighted by Gasteiger charge is -2.22. The van der Waals surface area contributed by atoms with E-state index >= 15 is 0 Å². The Hall–Kier alpha value is -1.59. The molecular weight excluding hydrogens is 292 g/mol. The predicted octanol–water partition coefficient (Wildman–Crippen LogP) is 3.58.